The van der Waals surface area contributed by atoms with Crippen LogP contribution in [0.3, 0.4) is 0 Å². The first kappa shape index (κ1) is 18.1. The van der Waals surface area contributed by atoms with Crippen LogP contribution >= 0.6 is 0 Å². The number of benzene rings is 2. The topological polar surface area (TPSA) is 30.9 Å². The maximum atomic E-state index is 13.3. The van der Waals surface area contributed by atoms with Gasteiger partial charge in [-0.1, -0.05) is 17.7 Å². The number of hydrogen-bond donors (Lipinski definition) is 1. The predicted octanol–water partition coefficient (Wildman–Crippen LogP) is 3.82. The molecular weight excluding hydrogens is 327 g/mol. The molecule has 136 valence electrons. The predicted molar refractivity (Wildman–Crippen MR) is 107 cm³/mol. The van der Waals surface area contributed by atoms with Crippen LogP contribution in [0.4, 0.5) is 10.1 Å². The Hall–Kier alpha value is -2.66. The number of nitrogens with one attached hydrogen (secondary N) is 1. The molecule has 4 nitrogen and oxygen atoms in total. The molecule has 5 heteroatoms. The molecule has 0 saturated carbocycles. The molecule has 3 rings (SSSR count). The van der Waals surface area contributed by atoms with Crippen molar-refractivity contribution in [1.29, 1.82) is 0 Å². The Morgan fingerprint density at radius 1 is 1.04 bits per heavy atom. The second-order valence-electron chi connectivity index (χ2n) is 6.73. The van der Waals surface area contributed by atoms with E-state index in [0.717, 1.165) is 42.4 Å². The summed E-state index contributed by atoms with van der Waals surface area (Å²) in [6.45, 7) is 4.81. The third kappa shape index (κ3) is 4.70. The molecule has 26 heavy (non-hydrogen) atoms. The van der Waals surface area contributed by atoms with Gasteiger partial charge < -0.3 is 10.2 Å². The molecule has 1 fully saturated rings. The summed E-state index contributed by atoms with van der Waals surface area (Å²) >= 11 is 0. The number of anilines is 1. The smallest absolute Gasteiger partial charge is 0.123 e. The molecule has 0 aromatic heterocycles. The van der Waals surface area contributed by atoms with Gasteiger partial charge in [0, 0.05) is 37.6 Å². The molecule has 1 N–H and O–H groups in total. The van der Waals surface area contributed by atoms with Gasteiger partial charge in [-0.3, -0.25) is 4.90 Å². The van der Waals surface area contributed by atoms with Gasteiger partial charge in [0.25, 0.3) is 0 Å². The van der Waals surface area contributed by atoms with E-state index in [4.69, 9.17) is 4.99 Å². The highest BCUT2D eigenvalue weighted by molar-refractivity contribution is 5.90. The van der Waals surface area contributed by atoms with Crippen LogP contribution in [0.2, 0.25) is 0 Å². The maximum absolute atomic E-state index is 13.3. The molecule has 1 heterocycles. The zero-order valence-corrected chi connectivity index (χ0v) is 15.5. The number of rotatable bonds is 4. The molecule has 0 amide bonds. The van der Waals surface area contributed by atoms with Crippen molar-refractivity contribution in [2.24, 2.45) is 4.99 Å². The van der Waals surface area contributed by atoms with Crippen molar-refractivity contribution in [2.45, 2.75) is 6.92 Å². The molecule has 1 aliphatic rings. The first-order valence-corrected chi connectivity index (χ1v) is 8.78. The van der Waals surface area contributed by atoms with Gasteiger partial charge in [0.05, 0.1) is 12.2 Å². The van der Waals surface area contributed by atoms with Gasteiger partial charge in [0.2, 0.25) is 0 Å². The van der Waals surface area contributed by atoms with E-state index in [1.165, 1.54) is 17.7 Å². The summed E-state index contributed by atoms with van der Waals surface area (Å²) in [7, 11) is 4.15. The normalized spacial score (nSPS) is 17.6. The minimum absolute atomic E-state index is 0.248. The number of aryl methyl sites for hydroxylation is 1. The summed E-state index contributed by atoms with van der Waals surface area (Å²) in [6.07, 6.45) is 1.88. The van der Waals surface area contributed by atoms with Crippen LogP contribution in [0.15, 0.2) is 59.7 Å². The monoisotopic (exact) mass is 352 g/mol. The standard InChI is InChI=1S/C21H25FN4/c1-16-4-10-19(11-5-16)23-14-20(17-6-8-18(22)9-7-17)24-21-15-25(2)12-13-26(21)3/h4-11,14,23H,12-13,15H2,1-3H3/b20-14+,24-21?. The molecule has 0 aliphatic carbocycles. The number of nitrogens with zero attached hydrogens (tertiary/aromatic N) is 3. The fourth-order valence-corrected chi connectivity index (χ4v) is 2.75. The average molecular weight is 352 g/mol. The van der Waals surface area contributed by atoms with Gasteiger partial charge >= 0.3 is 0 Å². The van der Waals surface area contributed by atoms with E-state index in [0.29, 0.717) is 0 Å². The van der Waals surface area contributed by atoms with Crippen molar-refractivity contribution >= 4 is 17.2 Å². The first-order chi connectivity index (χ1) is 12.5. The van der Waals surface area contributed by atoms with Crippen molar-refractivity contribution in [3.8, 4) is 0 Å². The third-order valence-corrected chi connectivity index (χ3v) is 4.49. The minimum atomic E-state index is -0.248. The lowest BCUT2D eigenvalue weighted by Crippen LogP contribution is -2.46. The summed E-state index contributed by atoms with van der Waals surface area (Å²) in [5, 5.41) is 3.31. The molecular formula is C21H25FN4. The van der Waals surface area contributed by atoms with Crippen LogP contribution in [-0.2, 0) is 0 Å². The summed E-state index contributed by atoms with van der Waals surface area (Å²) in [5.74, 6) is 0.752. The van der Waals surface area contributed by atoms with E-state index in [1.54, 1.807) is 12.1 Å². The van der Waals surface area contributed by atoms with Gasteiger partial charge in [-0.05, 0) is 50.4 Å². The van der Waals surface area contributed by atoms with Gasteiger partial charge in [0.1, 0.15) is 11.7 Å². The SMILES string of the molecule is Cc1ccc(N/C=C(/N=C2CN(C)CCN2C)c2ccc(F)cc2)cc1. The summed E-state index contributed by atoms with van der Waals surface area (Å²) < 4.78 is 13.3. The molecule has 1 aliphatic heterocycles. The van der Waals surface area contributed by atoms with Crippen molar-refractivity contribution < 1.29 is 4.39 Å². The van der Waals surface area contributed by atoms with E-state index >= 15 is 0 Å². The van der Waals surface area contributed by atoms with E-state index in [9.17, 15) is 4.39 Å². The largest absolute Gasteiger partial charge is 0.361 e. The fourth-order valence-electron chi connectivity index (χ4n) is 2.75. The summed E-state index contributed by atoms with van der Waals surface area (Å²) in [4.78, 5) is 9.29. The quantitative estimate of drug-likeness (QED) is 0.907. The number of aliphatic imine (C=N–C) groups is 1. The van der Waals surface area contributed by atoms with Crippen molar-refractivity contribution in [3.63, 3.8) is 0 Å². The second-order valence-corrected chi connectivity index (χ2v) is 6.73. The Kier molecular flexibility index (Phi) is 5.68. The van der Waals surface area contributed by atoms with Gasteiger partial charge in [-0.2, -0.15) is 0 Å². The van der Waals surface area contributed by atoms with E-state index < -0.39 is 0 Å². The molecule has 0 spiro atoms. The Morgan fingerprint density at radius 2 is 1.73 bits per heavy atom. The maximum Gasteiger partial charge on any atom is 0.123 e. The lowest BCUT2D eigenvalue weighted by Gasteiger charge is -2.32. The van der Waals surface area contributed by atoms with Crippen LogP contribution in [0.1, 0.15) is 11.1 Å². The highest BCUT2D eigenvalue weighted by atomic mass is 19.1. The van der Waals surface area contributed by atoms with Crippen LogP contribution in [-0.4, -0.2) is 49.4 Å². The Bertz CT molecular complexity index is 794. The van der Waals surface area contributed by atoms with Gasteiger partial charge in [0.15, 0.2) is 0 Å². The van der Waals surface area contributed by atoms with Crippen LogP contribution in [0, 0.1) is 12.7 Å². The van der Waals surface area contributed by atoms with Gasteiger partial charge in [-0.15, -0.1) is 0 Å². The fraction of sp³-hybridized carbons (Fsp3) is 0.286. The molecule has 0 atom stereocenters. The van der Waals surface area contributed by atoms with Crippen LogP contribution in [0.25, 0.3) is 5.70 Å². The van der Waals surface area contributed by atoms with Crippen molar-refractivity contribution in [1.82, 2.24) is 9.80 Å². The number of likely N-dealkylation sites (N-methyl/N-ethyl adjacent to an activating group) is 2. The minimum Gasteiger partial charge on any atom is -0.361 e. The highest BCUT2D eigenvalue weighted by Crippen LogP contribution is 2.19. The van der Waals surface area contributed by atoms with E-state index in [2.05, 4.69) is 48.3 Å². The van der Waals surface area contributed by atoms with Crippen LogP contribution in [0.5, 0.6) is 0 Å². The Labute approximate surface area is 154 Å². The molecule has 0 unspecified atom stereocenters. The number of piperazine rings is 1. The average Bonchev–Trinajstić information content (AvgIpc) is 2.63. The van der Waals surface area contributed by atoms with Crippen molar-refractivity contribution in [3.05, 3.63) is 71.7 Å². The van der Waals surface area contributed by atoms with E-state index in [1.807, 2.05) is 18.3 Å². The Balaban J connectivity index is 1.91. The molecule has 1 saturated heterocycles. The summed E-state index contributed by atoms with van der Waals surface area (Å²) in [6, 6.07) is 14.6. The molecule has 2 aromatic rings. The van der Waals surface area contributed by atoms with Gasteiger partial charge in [-0.25, -0.2) is 9.38 Å². The Morgan fingerprint density at radius 3 is 2.42 bits per heavy atom. The third-order valence-electron chi connectivity index (χ3n) is 4.49. The van der Waals surface area contributed by atoms with Crippen LogP contribution < -0.4 is 5.32 Å². The first-order valence-electron chi connectivity index (χ1n) is 8.78. The molecule has 2 aromatic carbocycles. The summed E-state index contributed by atoms with van der Waals surface area (Å²) in [5.41, 5.74) is 3.86. The lowest BCUT2D eigenvalue weighted by molar-refractivity contribution is 0.289. The second kappa shape index (κ2) is 8.15. The zero-order chi connectivity index (χ0) is 18.5. The van der Waals surface area contributed by atoms with E-state index in [-0.39, 0.29) is 5.82 Å². The lowest BCUT2D eigenvalue weighted by atomic mass is 10.1. The number of hydrogen-bond acceptors (Lipinski definition) is 3. The van der Waals surface area contributed by atoms with Crippen molar-refractivity contribution in [2.75, 3.05) is 39.0 Å². The highest BCUT2D eigenvalue weighted by Gasteiger charge is 2.17. The molecule has 0 radical (unpaired) electrons. The number of halogens is 1. The molecule has 0 bridgehead atoms. The zero-order valence-electron chi connectivity index (χ0n) is 15.5. The number of amidine groups is 1.